The molecule has 0 amide bonds. The van der Waals surface area contributed by atoms with Gasteiger partial charge < -0.3 is 9.31 Å². The molecule has 12 rings (SSSR count). The molecular weight excluding hydrogens is 535 g/mol. The van der Waals surface area contributed by atoms with Crippen LogP contribution in [0.1, 0.15) is 140 Å². The van der Waals surface area contributed by atoms with Crippen LogP contribution >= 0.6 is 0 Å². The molecule has 3 heteroatoms. The summed E-state index contributed by atoms with van der Waals surface area (Å²) in [7, 11) is -0.323. The fraction of sp³-hybridized carbons (Fsp3) is 0.707. The summed E-state index contributed by atoms with van der Waals surface area (Å²) >= 11 is 0. The number of benzene rings is 2. The Kier molecular flexibility index (Phi) is 5.54. The molecule has 8 bridgehead atoms. The summed E-state index contributed by atoms with van der Waals surface area (Å²) in [5, 5.41) is 0. The van der Waals surface area contributed by atoms with E-state index in [2.05, 4.69) is 71.9 Å². The molecule has 1 heterocycles. The molecule has 1 saturated heterocycles. The predicted molar refractivity (Wildman–Crippen MR) is 179 cm³/mol. The Bertz CT molecular complexity index is 1480. The van der Waals surface area contributed by atoms with Gasteiger partial charge in [0.15, 0.2) is 0 Å². The molecular formula is C41H53BO2. The molecule has 8 saturated carbocycles. The van der Waals surface area contributed by atoms with E-state index in [1.807, 2.05) is 0 Å². The second-order valence-corrected chi connectivity index (χ2v) is 19.0. The maximum atomic E-state index is 6.88. The molecule has 0 N–H and O–H groups in total. The maximum Gasteiger partial charge on any atom is 0.495 e. The maximum absolute atomic E-state index is 6.88. The van der Waals surface area contributed by atoms with Crippen molar-refractivity contribution in [2.45, 2.75) is 134 Å². The van der Waals surface area contributed by atoms with Crippen molar-refractivity contribution in [1.29, 1.82) is 0 Å². The monoisotopic (exact) mass is 588 g/mol. The molecule has 0 spiro atoms. The predicted octanol–water partition coefficient (Wildman–Crippen LogP) is 9.37. The van der Waals surface area contributed by atoms with Crippen LogP contribution in [0.15, 0.2) is 30.3 Å². The third kappa shape index (κ3) is 3.69. The summed E-state index contributed by atoms with van der Waals surface area (Å²) in [4.78, 5) is 0. The highest BCUT2D eigenvalue weighted by Gasteiger charge is 2.55. The summed E-state index contributed by atoms with van der Waals surface area (Å²) in [6.07, 6.45) is 14.8. The molecule has 1 aliphatic heterocycles. The van der Waals surface area contributed by atoms with Crippen molar-refractivity contribution in [1.82, 2.24) is 0 Å². The van der Waals surface area contributed by atoms with E-state index in [1.54, 1.807) is 16.7 Å². The number of hydrogen-bond acceptors (Lipinski definition) is 2. The average Bonchev–Trinajstić information content (AvgIpc) is 3.31. The number of fused-ring (bicyclic) bond motifs is 3. The molecule has 2 aromatic rings. The van der Waals surface area contributed by atoms with E-state index in [1.165, 1.54) is 86.4 Å². The van der Waals surface area contributed by atoms with Crippen LogP contribution in [0.5, 0.6) is 0 Å². The van der Waals surface area contributed by atoms with Crippen LogP contribution in [0, 0.1) is 47.3 Å². The number of rotatable bonds is 3. The first kappa shape index (κ1) is 27.5. The average molecular weight is 589 g/mol. The molecule has 0 radical (unpaired) electrons. The lowest BCUT2D eigenvalue weighted by Crippen LogP contribution is -2.44. The first-order valence-corrected chi connectivity index (χ1v) is 18.6. The van der Waals surface area contributed by atoms with Gasteiger partial charge in [-0.25, -0.2) is 0 Å². The van der Waals surface area contributed by atoms with Crippen molar-refractivity contribution in [2.75, 3.05) is 0 Å². The zero-order chi connectivity index (χ0) is 29.9. The van der Waals surface area contributed by atoms with Crippen molar-refractivity contribution >= 4 is 12.6 Å². The Hall–Kier alpha value is -1.58. The van der Waals surface area contributed by atoms with Crippen LogP contribution in [0.4, 0.5) is 0 Å². The standard InChI is InChI=1S/C41H53BO2/c1-39(2)33-19-26(36-27-11-22-9-23(13-27)14-28(36)12-22)7-8-32(33)38-34(39)20-31(21-35(38)42-43-40(3,4)41(5,6)44-42)37-29-15-24-10-25(17-29)18-30(37)16-24/h7-8,19-25,27-30,36-37H,9-18H2,1-6H3. The van der Waals surface area contributed by atoms with Gasteiger partial charge >= 0.3 is 7.12 Å². The van der Waals surface area contributed by atoms with Gasteiger partial charge in [-0.3, -0.25) is 0 Å². The van der Waals surface area contributed by atoms with E-state index in [-0.39, 0.29) is 23.7 Å². The molecule has 2 aromatic carbocycles. The molecule has 9 fully saturated rings. The van der Waals surface area contributed by atoms with Gasteiger partial charge in [-0.2, -0.15) is 0 Å². The third-order valence-corrected chi connectivity index (χ3v) is 15.6. The molecule has 10 aliphatic rings. The fourth-order valence-corrected chi connectivity index (χ4v) is 13.4. The topological polar surface area (TPSA) is 18.5 Å². The Labute approximate surface area is 266 Å². The smallest absolute Gasteiger partial charge is 0.399 e. The first-order valence-electron chi connectivity index (χ1n) is 18.6. The van der Waals surface area contributed by atoms with E-state index >= 15 is 0 Å². The summed E-state index contributed by atoms with van der Waals surface area (Å²) in [5.74, 6) is 9.09. The van der Waals surface area contributed by atoms with Gasteiger partial charge in [0.05, 0.1) is 11.2 Å². The highest BCUT2D eigenvalue weighted by Crippen LogP contribution is 2.62. The summed E-state index contributed by atoms with van der Waals surface area (Å²) in [5.41, 5.74) is 9.80. The van der Waals surface area contributed by atoms with E-state index in [4.69, 9.17) is 9.31 Å². The molecule has 232 valence electrons. The van der Waals surface area contributed by atoms with Crippen molar-refractivity contribution in [2.24, 2.45) is 47.3 Å². The van der Waals surface area contributed by atoms with Crippen LogP contribution in [-0.4, -0.2) is 18.3 Å². The SMILES string of the molecule is CC1(C)c2cc(C3C4CC5CC(C4)CC3C5)ccc2-c2c(B3OC(C)(C)C(C)(C)O3)cc(C3C4CC5CC(C4)CC3C5)cc21. The number of hydrogen-bond donors (Lipinski definition) is 0. The van der Waals surface area contributed by atoms with Crippen molar-refractivity contribution in [3.63, 3.8) is 0 Å². The van der Waals surface area contributed by atoms with Crippen molar-refractivity contribution in [3.8, 4) is 11.1 Å². The fourth-order valence-electron chi connectivity index (χ4n) is 13.4. The lowest BCUT2D eigenvalue weighted by Gasteiger charge is -2.55. The molecule has 2 nitrogen and oxygen atoms in total. The first-order chi connectivity index (χ1) is 20.9. The van der Waals surface area contributed by atoms with Crippen LogP contribution in [-0.2, 0) is 14.7 Å². The van der Waals surface area contributed by atoms with Crippen molar-refractivity contribution in [3.05, 3.63) is 52.6 Å². The molecule has 44 heavy (non-hydrogen) atoms. The minimum Gasteiger partial charge on any atom is -0.399 e. The second kappa shape index (κ2) is 8.86. The summed E-state index contributed by atoms with van der Waals surface area (Å²) in [6.45, 7) is 13.9. The minimum absolute atomic E-state index is 0.0209. The van der Waals surface area contributed by atoms with Gasteiger partial charge in [0.2, 0.25) is 0 Å². The lowest BCUT2D eigenvalue weighted by atomic mass is 9.50. The van der Waals surface area contributed by atoms with E-state index in [0.29, 0.717) is 5.92 Å². The van der Waals surface area contributed by atoms with Gasteiger partial charge in [0, 0.05) is 5.41 Å². The molecule has 0 aromatic heterocycles. The lowest BCUT2D eigenvalue weighted by molar-refractivity contribution is -0.00282. The van der Waals surface area contributed by atoms with Crippen LogP contribution in [0.2, 0.25) is 0 Å². The van der Waals surface area contributed by atoms with E-state index in [0.717, 1.165) is 53.3 Å². The van der Waals surface area contributed by atoms with Gasteiger partial charge in [-0.1, -0.05) is 44.2 Å². The minimum atomic E-state index is -0.344. The van der Waals surface area contributed by atoms with Crippen molar-refractivity contribution < 1.29 is 9.31 Å². The molecule has 0 atom stereocenters. The Morgan fingerprint density at radius 1 is 0.545 bits per heavy atom. The quantitative estimate of drug-likeness (QED) is 0.333. The highest BCUT2D eigenvalue weighted by atomic mass is 16.7. The largest absolute Gasteiger partial charge is 0.495 e. The highest BCUT2D eigenvalue weighted by molar-refractivity contribution is 6.64. The Morgan fingerprint density at radius 2 is 1.00 bits per heavy atom. The van der Waals surface area contributed by atoms with Gasteiger partial charge in [-0.05, 0) is 190 Å². The van der Waals surface area contributed by atoms with E-state index < -0.39 is 0 Å². The van der Waals surface area contributed by atoms with Gasteiger partial charge in [0.25, 0.3) is 0 Å². The molecule has 9 aliphatic carbocycles. The zero-order valence-corrected chi connectivity index (χ0v) is 28.1. The third-order valence-electron chi connectivity index (χ3n) is 15.6. The second-order valence-electron chi connectivity index (χ2n) is 19.0. The van der Waals surface area contributed by atoms with Gasteiger partial charge in [-0.15, -0.1) is 0 Å². The van der Waals surface area contributed by atoms with Crippen LogP contribution in [0.25, 0.3) is 11.1 Å². The van der Waals surface area contributed by atoms with Crippen LogP contribution in [0.3, 0.4) is 0 Å². The summed E-state index contributed by atoms with van der Waals surface area (Å²) in [6, 6.07) is 13.1. The van der Waals surface area contributed by atoms with Crippen LogP contribution < -0.4 is 5.46 Å². The normalized spacial score (nSPS) is 42.6. The Morgan fingerprint density at radius 3 is 1.50 bits per heavy atom. The van der Waals surface area contributed by atoms with E-state index in [9.17, 15) is 0 Å². The molecule has 0 unspecified atom stereocenters. The summed E-state index contributed by atoms with van der Waals surface area (Å²) < 4.78 is 13.8. The zero-order valence-electron chi connectivity index (χ0n) is 28.1. The van der Waals surface area contributed by atoms with Gasteiger partial charge in [0.1, 0.15) is 0 Å². The Balaban J connectivity index is 1.11.